The van der Waals surface area contributed by atoms with Gasteiger partial charge in [0.2, 0.25) is 0 Å². The summed E-state index contributed by atoms with van der Waals surface area (Å²) in [5.74, 6) is 0.567. The third-order valence-electron chi connectivity index (χ3n) is 4.74. The predicted molar refractivity (Wildman–Crippen MR) is 82.3 cm³/mol. The fraction of sp³-hybridized carbons (Fsp3) is 0.471. The number of benzene rings is 1. The first-order chi connectivity index (χ1) is 11.6. The number of ether oxygens (including phenoxy) is 2. The highest BCUT2D eigenvalue weighted by molar-refractivity contribution is 5.97. The van der Waals surface area contributed by atoms with Gasteiger partial charge in [-0.3, -0.25) is 9.59 Å². The zero-order valence-electron chi connectivity index (χ0n) is 13.1. The molecular weight excluding hydrogens is 312 g/mol. The number of likely N-dealkylation sites (tertiary alicyclic amines) is 1. The molecular formula is C17H18N2O5. The van der Waals surface area contributed by atoms with Gasteiger partial charge in [-0.05, 0) is 24.5 Å². The lowest BCUT2D eigenvalue weighted by atomic mass is 9.96. The van der Waals surface area contributed by atoms with E-state index in [9.17, 15) is 14.4 Å². The van der Waals surface area contributed by atoms with Crippen LogP contribution < -0.4 is 4.74 Å². The highest BCUT2D eigenvalue weighted by Gasteiger charge is 2.40. The molecule has 126 valence electrons. The Kier molecular flexibility index (Phi) is 3.63. The number of amides is 3. The Morgan fingerprint density at radius 3 is 2.75 bits per heavy atom. The van der Waals surface area contributed by atoms with Crippen molar-refractivity contribution in [3.8, 4) is 5.75 Å². The van der Waals surface area contributed by atoms with Crippen LogP contribution in [0.25, 0.3) is 0 Å². The van der Waals surface area contributed by atoms with Crippen LogP contribution in [0.5, 0.6) is 5.75 Å². The number of rotatable bonds is 3. The third-order valence-corrected chi connectivity index (χ3v) is 4.74. The van der Waals surface area contributed by atoms with Crippen LogP contribution in [-0.2, 0) is 20.7 Å². The molecule has 7 heteroatoms. The summed E-state index contributed by atoms with van der Waals surface area (Å²) in [4.78, 5) is 38.3. The molecule has 0 unspecified atom stereocenters. The van der Waals surface area contributed by atoms with Crippen molar-refractivity contribution in [2.75, 3.05) is 26.2 Å². The molecule has 3 heterocycles. The van der Waals surface area contributed by atoms with Crippen LogP contribution in [-0.4, -0.2) is 60.1 Å². The van der Waals surface area contributed by atoms with E-state index in [1.807, 2.05) is 24.3 Å². The molecule has 3 aliphatic rings. The van der Waals surface area contributed by atoms with Crippen molar-refractivity contribution in [3.63, 3.8) is 0 Å². The maximum Gasteiger partial charge on any atom is 0.417 e. The minimum absolute atomic E-state index is 0.0175. The number of cyclic esters (lactones) is 1. The van der Waals surface area contributed by atoms with Crippen molar-refractivity contribution in [1.29, 1.82) is 0 Å². The predicted octanol–water partition coefficient (Wildman–Crippen LogP) is 0.817. The largest absolute Gasteiger partial charge is 0.480 e. The van der Waals surface area contributed by atoms with E-state index in [1.165, 1.54) is 0 Å². The monoisotopic (exact) mass is 330 g/mol. The van der Waals surface area contributed by atoms with Gasteiger partial charge in [0.1, 0.15) is 5.75 Å². The molecule has 1 aromatic rings. The Morgan fingerprint density at radius 2 is 2.00 bits per heavy atom. The van der Waals surface area contributed by atoms with Crippen molar-refractivity contribution >= 4 is 17.9 Å². The van der Waals surface area contributed by atoms with Crippen molar-refractivity contribution in [1.82, 2.24) is 9.80 Å². The van der Waals surface area contributed by atoms with Gasteiger partial charge in [0, 0.05) is 25.6 Å². The summed E-state index contributed by atoms with van der Waals surface area (Å²) in [5, 5.41) is 0. The van der Waals surface area contributed by atoms with Gasteiger partial charge in [0.25, 0.3) is 11.8 Å². The van der Waals surface area contributed by atoms with Crippen molar-refractivity contribution in [3.05, 3.63) is 29.8 Å². The average molecular weight is 330 g/mol. The van der Waals surface area contributed by atoms with Crippen molar-refractivity contribution in [2.24, 2.45) is 5.92 Å². The first-order valence-electron chi connectivity index (χ1n) is 8.12. The number of aryl methyl sites for hydroxylation is 1. The van der Waals surface area contributed by atoms with Gasteiger partial charge in [-0.1, -0.05) is 18.2 Å². The van der Waals surface area contributed by atoms with Gasteiger partial charge >= 0.3 is 6.09 Å². The molecule has 0 aliphatic carbocycles. The molecule has 0 bridgehead atoms. The van der Waals surface area contributed by atoms with E-state index in [2.05, 4.69) is 4.74 Å². The van der Waals surface area contributed by atoms with Gasteiger partial charge in [-0.25, -0.2) is 9.69 Å². The lowest BCUT2D eigenvalue weighted by Gasteiger charge is -2.42. The number of carbonyl (C=O) groups is 3. The molecule has 0 saturated carbocycles. The molecule has 2 fully saturated rings. The zero-order valence-corrected chi connectivity index (χ0v) is 13.1. The number of para-hydroxylation sites is 1. The fourth-order valence-electron chi connectivity index (χ4n) is 3.38. The van der Waals surface area contributed by atoms with E-state index in [0.29, 0.717) is 26.1 Å². The molecule has 1 aromatic carbocycles. The van der Waals surface area contributed by atoms with Crippen molar-refractivity contribution < 1.29 is 23.9 Å². The molecule has 0 aromatic heterocycles. The summed E-state index contributed by atoms with van der Waals surface area (Å²) < 4.78 is 10.5. The average Bonchev–Trinajstić information content (AvgIpc) is 2.88. The molecule has 0 spiro atoms. The standard InChI is InChI=1S/C17H18N2O5/c20-15-10-23-17(22)19(15)9-11-7-18(8-11)16(21)14-6-5-12-3-1-2-4-13(12)24-14/h1-4,11,14H,5-10H2/t14-/m1/s1. The van der Waals surface area contributed by atoms with E-state index >= 15 is 0 Å². The first kappa shape index (κ1) is 15.0. The van der Waals surface area contributed by atoms with E-state index in [1.54, 1.807) is 4.90 Å². The van der Waals surface area contributed by atoms with Crippen LogP contribution in [0.3, 0.4) is 0 Å². The smallest absolute Gasteiger partial charge is 0.417 e. The highest BCUT2D eigenvalue weighted by atomic mass is 16.6. The van der Waals surface area contributed by atoms with Gasteiger partial charge < -0.3 is 14.4 Å². The number of carbonyl (C=O) groups excluding carboxylic acids is 3. The van der Waals surface area contributed by atoms with Crippen LogP contribution >= 0.6 is 0 Å². The number of imide groups is 1. The summed E-state index contributed by atoms with van der Waals surface area (Å²) >= 11 is 0. The SMILES string of the molecule is O=C([C@H]1CCc2ccccc2O1)N1CC(CN2C(=O)COC2=O)C1. The lowest BCUT2D eigenvalue weighted by molar-refractivity contribution is -0.146. The Balaban J connectivity index is 1.30. The van der Waals surface area contributed by atoms with Crippen LogP contribution in [0, 0.1) is 5.92 Å². The Bertz CT molecular complexity index is 682. The molecule has 0 N–H and O–H groups in total. The molecule has 3 amide bonds. The number of hydrogen-bond donors (Lipinski definition) is 0. The number of hydrogen-bond acceptors (Lipinski definition) is 5. The Hall–Kier alpha value is -2.57. The second kappa shape index (κ2) is 5.81. The Morgan fingerprint density at radius 1 is 1.21 bits per heavy atom. The third kappa shape index (κ3) is 2.60. The summed E-state index contributed by atoms with van der Waals surface area (Å²) in [5.41, 5.74) is 1.13. The summed E-state index contributed by atoms with van der Waals surface area (Å²) in [6, 6.07) is 7.77. The summed E-state index contributed by atoms with van der Waals surface area (Å²) in [6.45, 7) is 1.22. The van der Waals surface area contributed by atoms with Gasteiger partial charge in [-0.2, -0.15) is 0 Å². The Labute approximate surface area is 139 Å². The summed E-state index contributed by atoms with van der Waals surface area (Å²) in [6.07, 6.45) is 0.475. The van der Waals surface area contributed by atoms with Crippen LogP contribution in [0.1, 0.15) is 12.0 Å². The van der Waals surface area contributed by atoms with Gasteiger partial charge in [-0.15, -0.1) is 0 Å². The number of fused-ring (bicyclic) bond motifs is 1. The van der Waals surface area contributed by atoms with Crippen LogP contribution in [0.15, 0.2) is 24.3 Å². The number of nitrogens with zero attached hydrogens (tertiary/aromatic N) is 2. The van der Waals surface area contributed by atoms with E-state index in [-0.39, 0.29) is 24.3 Å². The van der Waals surface area contributed by atoms with Gasteiger partial charge in [0.15, 0.2) is 12.7 Å². The van der Waals surface area contributed by atoms with Crippen LogP contribution in [0.2, 0.25) is 0 Å². The minimum atomic E-state index is -0.586. The maximum atomic E-state index is 12.5. The zero-order chi connectivity index (χ0) is 16.7. The lowest BCUT2D eigenvalue weighted by Crippen LogP contribution is -2.57. The van der Waals surface area contributed by atoms with Gasteiger partial charge in [0.05, 0.1) is 0 Å². The molecule has 2 saturated heterocycles. The first-order valence-corrected chi connectivity index (χ1v) is 8.12. The van der Waals surface area contributed by atoms with E-state index in [4.69, 9.17) is 4.74 Å². The highest BCUT2D eigenvalue weighted by Crippen LogP contribution is 2.29. The fourth-order valence-corrected chi connectivity index (χ4v) is 3.38. The minimum Gasteiger partial charge on any atom is -0.480 e. The molecule has 4 rings (SSSR count). The summed E-state index contributed by atoms with van der Waals surface area (Å²) in [7, 11) is 0. The maximum absolute atomic E-state index is 12.5. The normalized spacial score (nSPS) is 23.4. The molecule has 7 nitrogen and oxygen atoms in total. The molecule has 3 aliphatic heterocycles. The molecule has 0 radical (unpaired) electrons. The van der Waals surface area contributed by atoms with E-state index < -0.39 is 12.2 Å². The quantitative estimate of drug-likeness (QED) is 0.820. The molecule has 1 atom stereocenters. The second-order valence-electron chi connectivity index (χ2n) is 6.42. The van der Waals surface area contributed by atoms with Crippen LogP contribution in [0.4, 0.5) is 4.79 Å². The van der Waals surface area contributed by atoms with Crippen molar-refractivity contribution in [2.45, 2.75) is 18.9 Å². The topological polar surface area (TPSA) is 76.2 Å². The molecule has 24 heavy (non-hydrogen) atoms. The van der Waals surface area contributed by atoms with E-state index in [0.717, 1.165) is 22.6 Å². The second-order valence-corrected chi connectivity index (χ2v) is 6.42.